The normalized spacial score (nSPS) is 49.4. The summed E-state index contributed by atoms with van der Waals surface area (Å²) >= 11 is 0. The van der Waals surface area contributed by atoms with Crippen molar-refractivity contribution in [3.8, 4) is 0 Å². The first-order valence-corrected chi connectivity index (χ1v) is 9.54. The molecule has 5 unspecified atom stereocenters. The lowest BCUT2D eigenvalue weighted by Gasteiger charge is -2.32. The Balaban J connectivity index is 1.62. The molecule has 3 nitrogen and oxygen atoms in total. The SMILES string of the molecule is CC12CCC(C(=CNC3C(=O)C4(C)CCC3C4(C)C)C1=O)C2(C)C. The zero-order chi connectivity index (χ0) is 17.7. The lowest BCUT2D eigenvalue weighted by molar-refractivity contribution is -0.130. The van der Waals surface area contributed by atoms with Gasteiger partial charge in [0.1, 0.15) is 0 Å². The summed E-state index contributed by atoms with van der Waals surface area (Å²) in [5.74, 6) is 1.36. The van der Waals surface area contributed by atoms with E-state index in [1.54, 1.807) is 0 Å². The van der Waals surface area contributed by atoms with Crippen LogP contribution in [0.15, 0.2) is 11.8 Å². The third-order valence-electron chi connectivity index (χ3n) is 9.32. The largest absolute Gasteiger partial charge is 0.381 e. The van der Waals surface area contributed by atoms with E-state index in [0.717, 1.165) is 31.3 Å². The first-order chi connectivity index (χ1) is 11.0. The molecule has 0 aromatic carbocycles. The summed E-state index contributed by atoms with van der Waals surface area (Å²) in [4.78, 5) is 25.9. The van der Waals surface area contributed by atoms with Crippen LogP contribution >= 0.6 is 0 Å². The predicted molar refractivity (Wildman–Crippen MR) is 94.2 cm³/mol. The van der Waals surface area contributed by atoms with Gasteiger partial charge < -0.3 is 5.32 Å². The van der Waals surface area contributed by atoms with E-state index < -0.39 is 0 Å². The second-order valence-corrected chi connectivity index (χ2v) is 10.3. The number of Topliss-reactive ketones (excluding diaryl/α,β-unsaturated/α-hetero) is 2. The van der Waals surface area contributed by atoms with Gasteiger partial charge >= 0.3 is 0 Å². The maximum absolute atomic E-state index is 13.0. The average Bonchev–Trinajstić information content (AvgIpc) is 2.97. The van der Waals surface area contributed by atoms with Crippen molar-refractivity contribution in [2.75, 3.05) is 0 Å². The quantitative estimate of drug-likeness (QED) is 0.782. The van der Waals surface area contributed by atoms with E-state index in [4.69, 9.17) is 0 Å². The molecule has 4 rings (SSSR count). The van der Waals surface area contributed by atoms with E-state index >= 15 is 0 Å². The molecule has 0 saturated heterocycles. The molecule has 4 bridgehead atoms. The number of allylic oxidation sites excluding steroid dienone is 1. The number of hydrogen-bond acceptors (Lipinski definition) is 3. The van der Waals surface area contributed by atoms with Crippen molar-refractivity contribution >= 4 is 11.6 Å². The third kappa shape index (κ3) is 1.51. The number of carbonyl (C=O) groups excluding carboxylic acids is 2. The molecule has 3 heteroatoms. The first kappa shape index (κ1) is 16.4. The number of rotatable bonds is 2. The van der Waals surface area contributed by atoms with Crippen molar-refractivity contribution in [2.45, 2.75) is 73.3 Å². The predicted octanol–water partition coefficient (Wildman–Crippen LogP) is 3.88. The van der Waals surface area contributed by atoms with Gasteiger partial charge in [-0.25, -0.2) is 0 Å². The molecule has 0 aromatic rings. The molecule has 0 aromatic heterocycles. The van der Waals surface area contributed by atoms with Crippen LogP contribution in [0.5, 0.6) is 0 Å². The molecule has 1 N–H and O–H groups in total. The molecular formula is C21H31NO2. The fraction of sp³-hybridized carbons (Fsp3) is 0.810. The molecular weight excluding hydrogens is 298 g/mol. The molecule has 0 aliphatic heterocycles. The van der Waals surface area contributed by atoms with Gasteiger partial charge in [0.2, 0.25) is 0 Å². The van der Waals surface area contributed by atoms with Gasteiger partial charge in [-0.2, -0.15) is 0 Å². The fourth-order valence-electron chi connectivity index (χ4n) is 6.55. The van der Waals surface area contributed by atoms with Crippen LogP contribution in [0, 0.1) is 33.5 Å². The van der Waals surface area contributed by atoms with E-state index in [-0.39, 0.29) is 27.7 Å². The molecule has 4 aliphatic carbocycles. The molecule has 5 atom stereocenters. The van der Waals surface area contributed by atoms with Crippen molar-refractivity contribution in [1.82, 2.24) is 5.32 Å². The van der Waals surface area contributed by atoms with Crippen LogP contribution in [0.3, 0.4) is 0 Å². The number of nitrogens with one attached hydrogen (secondary N) is 1. The van der Waals surface area contributed by atoms with Crippen molar-refractivity contribution < 1.29 is 9.59 Å². The van der Waals surface area contributed by atoms with Crippen LogP contribution < -0.4 is 5.32 Å². The summed E-state index contributed by atoms with van der Waals surface area (Å²) < 4.78 is 0. The van der Waals surface area contributed by atoms with Gasteiger partial charge in [-0.3, -0.25) is 9.59 Å². The fourth-order valence-corrected chi connectivity index (χ4v) is 6.55. The highest BCUT2D eigenvalue weighted by molar-refractivity contribution is 6.04. The molecule has 4 fully saturated rings. The lowest BCUT2D eigenvalue weighted by atomic mass is 9.70. The Labute approximate surface area is 145 Å². The minimum absolute atomic E-state index is 0.0293. The number of carbonyl (C=O) groups is 2. The van der Waals surface area contributed by atoms with Gasteiger partial charge in [0, 0.05) is 22.6 Å². The van der Waals surface area contributed by atoms with Crippen molar-refractivity contribution in [3.05, 3.63) is 11.8 Å². The Bertz CT molecular complexity index is 673. The van der Waals surface area contributed by atoms with E-state index in [0.29, 0.717) is 23.4 Å². The third-order valence-corrected chi connectivity index (χ3v) is 9.32. The van der Waals surface area contributed by atoms with Crippen LogP contribution in [0.25, 0.3) is 0 Å². The first-order valence-electron chi connectivity index (χ1n) is 9.54. The van der Waals surface area contributed by atoms with Crippen LogP contribution in [0.2, 0.25) is 0 Å². The Morgan fingerprint density at radius 3 is 2.04 bits per heavy atom. The second kappa shape index (κ2) is 4.34. The van der Waals surface area contributed by atoms with Crippen molar-refractivity contribution in [3.63, 3.8) is 0 Å². The summed E-state index contributed by atoms with van der Waals surface area (Å²) in [6, 6.07) is -0.117. The van der Waals surface area contributed by atoms with Gasteiger partial charge in [0.25, 0.3) is 0 Å². The monoisotopic (exact) mass is 329 g/mol. The minimum atomic E-state index is -0.227. The highest BCUT2D eigenvalue weighted by Gasteiger charge is 2.67. The summed E-state index contributed by atoms with van der Waals surface area (Å²) in [6.45, 7) is 13.2. The summed E-state index contributed by atoms with van der Waals surface area (Å²) in [6.07, 6.45) is 6.13. The maximum Gasteiger partial charge on any atom is 0.167 e. The van der Waals surface area contributed by atoms with Gasteiger partial charge in [0.15, 0.2) is 11.6 Å². The molecule has 0 amide bonds. The standard InChI is InChI=1S/C21H31NO2/c1-18(2)13-7-9-20(18,5)16(23)12(13)11-22-15-14-8-10-21(6,17(15)24)19(14,3)4/h11,13-15,22H,7-10H2,1-6H3. The molecule has 24 heavy (non-hydrogen) atoms. The Morgan fingerprint density at radius 1 is 0.917 bits per heavy atom. The molecule has 132 valence electrons. The molecule has 0 heterocycles. The molecule has 0 spiro atoms. The summed E-state index contributed by atoms with van der Waals surface area (Å²) in [5.41, 5.74) is 0.575. The highest BCUT2D eigenvalue weighted by atomic mass is 16.1. The van der Waals surface area contributed by atoms with Gasteiger partial charge in [-0.1, -0.05) is 41.5 Å². The molecule has 0 radical (unpaired) electrons. The van der Waals surface area contributed by atoms with Gasteiger partial charge in [-0.15, -0.1) is 0 Å². The Kier molecular flexibility index (Phi) is 2.96. The van der Waals surface area contributed by atoms with Crippen LogP contribution in [-0.2, 0) is 9.59 Å². The maximum atomic E-state index is 13.0. The number of fused-ring (bicyclic) bond motifs is 4. The Hall–Kier alpha value is -1.12. The van der Waals surface area contributed by atoms with Crippen molar-refractivity contribution in [2.24, 2.45) is 33.5 Å². The van der Waals surface area contributed by atoms with E-state index in [2.05, 4.69) is 46.9 Å². The van der Waals surface area contributed by atoms with E-state index in [1.165, 1.54) is 0 Å². The average molecular weight is 329 g/mol. The smallest absolute Gasteiger partial charge is 0.167 e. The number of hydrogen-bond donors (Lipinski definition) is 1. The lowest BCUT2D eigenvalue weighted by Crippen LogP contribution is -2.41. The van der Waals surface area contributed by atoms with E-state index in [9.17, 15) is 9.59 Å². The topological polar surface area (TPSA) is 46.2 Å². The zero-order valence-electron chi connectivity index (χ0n) is 16.0. The van der Waals surface area contributed by atoms with Crippen LogP contribution in [-0.4, -0.2) is 17.6 Å². The van der Waals surface area contributed by atoms with Gasteiger partial charge in [0.05, 0.1) is 6.04 Å². The minimum Gasteiger partial charge on any atom is -0.381 e. The molecule has 4 saturated carbocycles. The van der Waals surface area contributed by atoms with Crippen molar-refractivity contribution in [1.29, 1.82) is 0 Å². The van der Waals surface area contributed by atoms with Gasteiger partial charge in [-0.05, 0) is 48.3 Å². The highest BCUT2D eigenvalue weighted by Crippen LogP contribution is 2.66. The second-order valence-electron chi connectivity index (χ2n) is 10.3. The number of ketones is 2. The Morgan fingerprint density at radius 2 is 1.54 bits per heavy atom. The van der Waals surface area contributed by atoms with E-state index in [1.807, 2.05) is 6.20 Å². The zero-order valence-corrected chi connectivity index (χ0v) is 16.0. The van der Waals surface area contributed by atoms with Crippen LogP contribution in [0.4, 0.5) is 0 Å². The molecule has 4 aliphatic rings. The van der Waals surface area contributed by atoms with Crippen LogP contribution in [0.1, 0.15) is 67.2 Å². The summed E-state index contributed by atoms with van der Waals surface area (Å²) in [7, 11) is 0. The summed E-state index contributed by atoms with van der Waals surface area (Å²) in [5, 5.41) is 3.42.